The Morgan fingerprint density at radius 1 is 1.09 bits per heavy atom. The molecule has 0 spiro atoms. The smallest absolute Gasteiger partial charge is 0.405 e. The van der Waals surface area contributed by atoms with Crippen molar-refractivity contribution in [1.82, 2.24) is 10.3 Å². The first-order valence-corrected chi connectivity index (χ1v) is 12.1. The van der Waals surface area contributed by atoms with Gasteiger partial charge in [0.05, 0.1) is 22.5 Å². The highest BCUT2D eigenvalue weighted by molar-refractivity contribution is 6.31. The Morgan fingerprint density at radius 3 is 2.59 bits per heavy atom. The predicted molar refractivity (Wildman–Crippen MR) is 123 cm³/mol. The molecule has 0 unspecified atom stereocenters. The average Bonchev–Trinajstić information content (AvgIpc) is 3.24. The van der Waals surface area contributed by atoms with Crippen LogP contribution in [0.2, 0.25) is 5.02 Å². The number of alkyl halides is 3. The molecule has 1 aliphatic carbocycles. The van der Waals surface area contributed by atoms with Gasteiger partial charge < -0.3 is 14.8 Å². The van der Waals surface area contributed by atoms with E-state index < -0.39 is 12.2 Å². The van der Waals surface area contributed by atoms with Crippen molar-refractivity contribution in [2.75, 3.05) is 13.2 Å². The van der Waals surface area contributed by atoms with Crippen LogP contribution in [0.15, 0.2) is 36.5 Å². The Morgan fingerprint density at radius 2 is 1.85 bits per heavy atom. The molecular formula is C25H31ClF4N2O2. The van der Waals surface area contributed by atoms with Crippen LogP contribution in [0.25, 0.3) is 0 Å². The Bertz CT molecular complexity index is 905. The van der Waals surface area contributed by atoms with Gasteiger partial charge in [0.25, 0.3) is 0 Å². The number of aromatic nitrogens is 1. The standard InChI is InChI=1S/C25H31ClF4N2O2/c26-21-16-20(27)18-32-22(21)9-7-15-33-24(11-3-4-12-24)13-5-6-14-31-17-19-8-1-2-10-23(19)34-25(28,29)30/h1-2,8,10,16,18,31H,3-7,9,11-15,17H2. The molecule has 9 heteroatoms. The molecule has 0 saturated heterocycles. The summed E-state index contributed by atoms with van der Waals surface area (Å²) in [6.45, 7) is 1.61. The van der Waals surface area contributed by atoms with Crippen molar-refractivity contribution in [1.29, 1.82) is 0 Å². The van der Waals surface area contributed by atoms with Gasteiger partial charge in [-0.05, 0) is 63.6 Å². The second kappa shape index (κ2) is 12.7. The number of para-hydroxylation sites is 1. The lowest BCUT2D eigenvalue weighted by molar-refractivity contribution is -0.274. The lowest BCUT2D eigenvalue weighted by Gasteiger charge is -2.29. The van der Waals surface area contributed by atoms with Crippen LogP contribution in [0.5, 0.6) is 5.75 Å². The molecule has 3 rings (SSSR count). The molecule has 34 heavy (non-hydrogen) atoms. The van der Waals surface area contributed by atoms with E-state index >= 15 is 0 Å². The number of benzene rings is 1. The van der Waals surface area contributed by atoms with E-state index in [9.17, 15) is 17.6 Å². The van der Waals surface area contributed by atoms with Crippen molar-refractivity contribution in [3.8, 4) is 5.75 Å². The lowest BCUT2D eigenvalue weighted by atomic mass is 9.94. The molecule has 0 bridgehead atoms. The maximum atomic E-state index is 13.1. The average molecular weight is 503 g/mol. The topological polar surface area (TPSA) is 43.4 Å². The Labute approximate surface area is 203 Å². The molecule has 0 amide bonds. The molecular weight excluding hydrogens is 472 g/mol. The van der Waals surface area contributed by atoms with Crippen molar-refractivity contribution in [2.24, 2.45) is 0 Å². The molecule has 1 heterocycles. The van der Waals surface area contributed by atoms with E-state index in [0.29, 0.717) is 42.4 Å². The van der Waals surface area contributed by atoms with E-state index in [4.69, 9.17) is 16.3 Å². The Kier molecular flexibility index (Phi) is 9.97. The summed E-state index contributed by atoms with van der Waals surface area (Å²) in [5.41, 5.74) is 1.05. The summed E-state index contributed by atoms with van der Waals surface area (Å²) in [4.78, 5) is 4.05. The van der Waals surface area contributed by atoms with Crippen LogP contribution in [0.4, 0.5) is 17.6 Å². The molecule has 188 valence electrons. The van der Waals surface area contributed by atoms with Gasteiger partial charge in [0.2, 0.25) is 0 Å². The molecule has 2 aromatic rings. The first-order valence-electron chi connectivity index (χ1n) is 11.7. The van der Waals surface area contributed by atoms with Gasteiger partial charge in [-0.15, -0.1) is 13.2 Å². The molecule has 1 aliphatic rings. The highest BCUT2D eigenvalue weighted by atomic mass is 35.5. The van der Waals surface area contributed by atoms with Crippen LogP contribution >= 0.6 is 11.6 Å². The van der Waals surface area contributed by atoms with Gasteiger partial charge in [0.15, 0.2) is 0 Å². The van der Waals surface area contributed by atoms with Gasteiger partial charge in [-0.2, -0.15) is 0 Å². The summed E-state index contributed by atoms with van der Waals surface area (Å²) >= 11 is 6.04. The van der Waals surface area contributed by atoms with Crippen LogP contribution in [0.3, 0.4) is 0 Å². The number of hydrogen-bond donors (Lipinski definition) is 1. The Hall–Kier alpha value is -1.90. The number of hydrogen-bond acceptors (Lipinski definition) is 4. The number of unbranched alkanes of at least 4 members (excludes halogenated alkanes) is 1. The summed E-state index contributed by atoms with van der Waals surface area (Å²) in [5, 5.41) is 3.55. The number of ether oxygens (including phenoxy) is 2. The number of nitrogens with one attached hydrogen (secondary N) is 1. The molecule has 1 fully saturated rings. The molecule has 1 aromatic heterocycles. The second-order valence-electron chi connectivity index (χ2n) is 8.71. The van der Waals surface area contributed by atoms with E-state index in [2.05, 4.69) is 15.0 Å². The minimum atomic E-state index is -4.70. The Balaban J connectivity index is 1.36. The molecule has 0 radical (unpaired) electrons. The van der Waals surface area contributed by atoms with Gasteiger partial charge in [0.1, 0.15) is 11.6 Å². The SMILES string of the molecule is Fc1cnc(CCCOC2(CCCCNCc3ccccc3OC(F)(F)F)CCCC2)c(Cl)c1. The van der Waals surface area contributed by atoms with E-state index in [-0.39, 0.29) is 11.4 Å². The summed E-state index contributed by atoms with van der Waals surface area (Å²) in [6.07, 6.45) is 5.10. The normalized spacial score (nSPS) is 15.6. The van der Waals surface area contributed by atoms with Crippen molar-refractivity contribution in [3.05, 3.63) is 58.6 Å². The first-order chi connectivity index (χ1) is 16.3. The monoisotopic (exact) mass is 502 g/mol. The summed E-state index contributed by atoms with van der Waals surface area (Å²) in [6, 6.07) is 7.45. The summed E-state index contributed by atoms with van der Waals surface area (Å²) in [5.74, 6) is -0.610. The number of halogens is 5. The first kappa shape index (κ1) is 26.7. The zero-order valence-corrected chi connectivity index (χ0v) is 19.9. The van der Waals surface area contributed by atoms with E-state index in [1.54, 1.807) is 12.1 Å². The van der Waals surface area contributed by atoms with Gasteiger partial charge >= 0.3 is 6.36 Å². The third-order valence-electron chi connectivity index (χ3n) is 6.11. The van der Waals surface area contributed by atoms with E-state index in [1.807, 2.05) is 0 Å². The summed E-state index contributed by atoms with van der Waals surface area (Å²) < 4.78 is 61.2. The summed E-state index contributed by atoms with van der Waals surface area (Å²) in [7, 11) is 0. The number of pyridine rings is 1. The van der Waals surface area contributed by atoms with Crippen molar-refractivity contribution in [3.63, 3.8) is 0 Å². The third kappa shape index (κ3) is 8.71. The molecule has 0 aliphatic heterocycles. The van der Waals surface area contributed by atoms with Crippen LogP contribution in [-0.4, -0.2) is 30.1 Å². The number of rotatable bonds is 13. The van der Waals surface area contributed by atoms with Gasteiger partial charge in [-0.3, -0.25) is 4.98 Å². The van der Waals surface area contributed by atoms with Crippen molar-refractivity contribution in [2.45, 2.75) is 76.3 Å². The van der Waals surface area contributed by atoms with E-state index in [0.717, 1.165) is 51.4 Å². The maximum absolute atomic E-state index is 13.1. The molecule has 1 aromatic carbocycles. The van der Waals surface area contributed by atoms with Crippen LogP contribution in [0.1, 0.15) is 62.6 Å². The molecule has 0 atom stereocenters. The van der Waals surface area contributed by atoms with Gasteiger partial charge in [0, 0.05) is 18.7 Å². The zero-order chi connectivity index (χ0) is 24.4. The fourth-order valence-corrected chi connectivity index (χ4v) is 4.68. The molecule has 1 N–H and O–H groups in total. The van der Waals surface area contributed by atoms with Crippen molar-refractivity contribution < 1.29 is 27.0 Å². The molecule has 1 saturated carbocycles. The van der Waals surface area contributed by atoms with Gasteiger partial charge in [-0.1, -0.05) is 42.6 Å². The fraction of sp³-hybridized carbons (Fsp3) is 0.560. The minimum Gasteiger partial charge on any atom is -0.405 e. The zero-order valence-electron chi connectivity index (χ0n) is 19.1. The number of aryl methyl sites for hydroxylation is 1. The van der Waals surface area contributed by atoms with E-state index in [1.165, 1.54) is 24.4 Å². The predicted octanol–water partition coefficient (Wildman–Crippen LogP) is 6.99. The highest BCUT2D eigenvalue weighted by Crippen LogP contribution is 2.37. The van der Waals surface area contributed by atoms with Crippen LogP contribution < -0.4 is 10.1 Å². The fourth-order valence-electron chi connectivity index (χ4n) is 4.44. The second-order valence-corrected chi connectivity index (χ2v) is 9.12. The van der Waals surface area contributed by atoms with Crippen molar-refractivity contribution >= 4 is 11.6 Å². The quantitative estimate of drug-likeness (QED) is 0.237. The van der Waals surface area contributed by atoms with Crippen LogP contribution in [-0.2, 0) is 17.7 Å². The molecule has 4 nitrogen and oxygen atoms in total. The lowest BCUT2D eigenvalue weighted by Crippen LogP contribution is -2.30. The largest absolute Gasteiger partial charge is 0.573 e. The van der Waals surface area contributed by atoms with Gasteiger partial charge in [-0.25, -0.2) is 4.39 Å². The highest BCUT2D eigenvalue weighted by Gasteiger charge is 2.34. The van der Waals surface area contributed by atoms with Crippen LogP contribution in [0, 0.1) is 5.82 Å². The number of nitrogens with zero attached hydrogens (tertiary/aromatic N) is 1. The third-order valence-corrected chi connectivity index (χ3v) is 6.44. The minimum absolute atomic E-state index is 0.104. The maximum Gasteiger partial charge on any atom is 0.573 e.